The number of rotatable bonds is 13. The van der Waals surface area contributed by atoms with Crippen molar-refractivity contribution in [3.8, 4) is 0 Å². The molecule has 16 heteroatoms. The third kappa shape index (κ3) is 7.03. The number of hydrogen-bond donors (Lipinski definition) is 5. The van der Waals surface area contributed by atoms with Gasteiger partial charge >= 0.3 is 24.1 Å². The summed E-state index contributed by atoms with van der Waals surface area (Å²) in [5.74, 6) is -4.10. The number of nitrogens with zero attached hydrogens (tertiary/aromatic N) is 1. The van der Waals surface area contributed by atoms with Gasteiger partial charge in [-0.3, -0.25) is 14.5 Å². The highest BCUT2D eigenvalue weighted by Gasteiger charge is 2.66. The zero-order valence-electron chi connectivity index (χ0n) is 20.5. The van der Waals surface area contributed by atoms with E-state index in [0.717, 1.165) is 16.7 Å². The molecular weight excluding hydrogens is 516 g/mol. The lowest BCUT2D eigenvalue weighted by Gasteiger charge is -2.55. The number of carbonyl (C=O) groups is 6. The van der Waals surface area contributed by atoms with Crippen LogP contribution < -0.4 is 16.4 Å². The van der Waals surface area contributed by atoms with Crippen LogP contribution in [0.4, 0.5) is 9.59 Å². The number of methoxy groups -OCH3 is 1. The smallest absolute Gasteiger partial charge is 0.407 e. The predicted octanol–water partition coefficient (Wildman–Crippen LogP) is -0.200. The van der Waals surface area contributed by atoms with Crippen molar-refractivity contribution in [1.82, 2.24) is 15.5 Å². The number of amides is 4. The van der Waals surface area contributed by atoms with Crippen molar-refractivity contribution in [3.05, 3.63) is 11.3 Å². The monoisotopic (exact) mass is 546 g/mol. The van der Waals surface area contributed by atoms with E-state index in [1.54, 1.807) is 0 Å². The Labute approximate surface area is 216 Å². The van der Waals surface area contributed by atoms with Crippen LogP contribution in [0.25, 0.3) is 0 Å². The van der Waals surface area contributed by atoms with Crippen LogP contribution in [0.2, 0.25) is 0 Å². The number of β-lactam (4-membered cyclic amide) rings is 1. The van der Waals surface area contributed by atoms with Gasteiger partial charge in [0.15, 0.2) is 0 Å². The van der Waals surface area contributed by atoms with Crippen LogP contribution in [0.1, 0.15) is 33.1 Å². The molecule has 0 spiro atoms. The van der Waals surface area contributed by atoms with Crippen LogP contribution in [-0.4, -0.2) is 94.3 Å². The molecule has 0 aliphatic carbocycles. The fourth-order valence-corrected chi connectivity index (χ4v) is 5.05. The highest BCUT2D eigenvalue weighted by molar-refractivity contribution is 8.00. The maximum absolute atomic E-state index is 13.0. The molecular formula is C21H30N4O11S. The van der Waals surface area contributed by atoms with Gasteiger partial charge < -0.3 is 40.8 Å². The molecule has 2 heterocycles. The summed E-state index contributed by atoms with van der Waals surface area (Å²) in [5, 5.41) is 22.7. The number of hydrogen-bond acceptors (Lipinski definition) is 10. The van der Waals surface area contributed by atoms with Crippen molar-refractivity contribution < 1.29 is 53.2 Å². The Hall–Kier alpha value is -3.53. The van der Waals surface area contributed by atoms with Crippen LogP contribution in [-0.2, 0) is 33.4 Å². The fourth-order valence-electron chi connectivity index (χ4n) is 3.63. The van der Waals surface area contributed by atoms with Crippen molar-refractivity contribution in [2.24, 2.45) is 11.7 Å². The molecule has 206 valence electrons. The fraction of sp³-hybridized carbons (Fsp3) is 0.619. The van der Waals surface area contributed by atoms with Gasteiger partial charge in [-0.25, -0.2) is 19.2 Å². The highest BCUT2D eigenvalue weighted by atomic mass is 32.2. The summed E-state index contributed by atoms with van der Waals surface area (Å²) in [6.45, 7) is 3.34. The van der Waals surface area contributed by atoms with Crippen LogP contribution in [0.5, 0.6) is 0 Å². The minimum Gasteiger partial charge on any atom is -0.480 e. The molecule has 2 aliphatic rings. The topological polar surface area (TPSA) is 224 Å². The molecule has 0 aromatic rings. The number of thioether (sulfide) groups is 1. The largest absolute Gasteiger partial charge is 0.480 e. The number of ether oxygens (including phenoxy) is 3. The molecule has 2 rings (SSSR count). The molecule has 0 aromatic heterocycles. The predicted molar refractivity (Wildman–Crippen MR) is 126 cm³/mol. The average molecular weight is 547 g/mol. The number of carboxylic acid groups (broad SMARTS) is 2. The molecule has 0 saturated carbocycles. The van der Waals surface area contributed by atoms with E-state index in [-0.39, 0.29) is 43.1 Å². The maximum Gasteiger partial charge on any atom is 0.407 e. The Kier molecular flexibility index (Phi) is 10.1. The Bertz CT molecular complexity index is 986. The Morgan fingerprint density at radius 1 is 1.22 bits per heavy atom. The molecule has 1 unspecified atom stereocenters. The quantitative estimate of drug-likeness (QED) is 0.150. The van der Waals surface area contributed by atoms with E-state index >= 15 is 0 Å². The molecule has 6 N–H and O–H groups in total. The van der Waals surface area contributed by atoms with E-state index in [1.165, 1.54) is 7.11 Å². The number of fused-ring (bicyclic) bond motifs is 1. The van der Waals surface area contributed by atoms with Crippen LogP contribution in [0.3, 0.4) is 0 Å². The summed E-state index contributed by atoms with van der Waals surface area (Å²) >= 11 is 1.09. The Balaban J connectivity index is 2.00. The second-order valence-electron chi connectivity index (χ2n) is 8.61. The standard InChI is InChI=1S/C21H30N4O11S/c1-10(2)7-36-20(33)23-12(15(27)28)5-4-6-13(26)24-21(34-3)17(31)25-14(16(29)30)11(8-35-19(22)32)9-37-18(21)25/h10,12,18H,4-9H2,1-3H3,(H2,22,32)(H,23,33)(H,24,26)(H,27,28)(H,29,30)/t12?,18-,21-/m0/s1. The molecule has 0 bridgehead atoms. The lowest BCUT2D eigenvalue weighted by atomic mass is 9.97. The summed E-state index contributed by atoms with van der Waals surface area (Å²) < 4.78 is 14.9. The van der Waals surface area contributed by atoms with Gasteiger partial charge in [-0.2, -0.15) is 0 Å². The van der Waals surface area contributed by atoms with Crippen LogP contribution in [0.15, 0.2) is 11.3 Å². The zero-order valence-corrected chi connectivity index (χ0v) is 21.3. The number of aliphatic carboxylic acids is 2. The van der Waals surface area contributed by atoms with Crippen molar-refractivity contribution in [2.45, 2.75) is 50.3 Å². The van der Waals surface area contributed by atoms with E-state index in [2.05, 4.69) is 15.4 Å². The number of nitrogens with two attached hydrogens (primary N) is 1. The lowest BCUT2D eigenvalue weighted by molar-refractivity contribution is -0.192. The van der Waals surface area contributed by atoms with Crippen LogP contribution >= 0.6 is 11.8 Å². The van der Waals surface area contributed by atoms with Crippen LogP contribution in [0, 0.1) is 5.92 Å². The van der Waals surface area contributed by atoms with Gasteiger partial charge in [-0.05, 0) is 18.8 Å². The van der Waals surface area contributed by atoms with E-state index in [1.807, 2.05) is 13.8 Å². The summed E-state index contributed by atoms with van der Waals surface area (Å²) in [6.07, 6.45) is -2.25. The Morgan fingerprint density at radius 2 is 1.89 bits per heavy atom. The molecule has 3 atom stereocenters. The van der Waals surface area contributed by atoms with Crippen molar-refractivity contribution >= 4 is 47.7 Å². The Morgan fingerprint density at radius 3 is 2.43 bits per heavy atom. The normalized spacial score (nSPS) is 21.5. The molecule has 4 amide bonds. The first-order chi connectivity index (χ1) is 17.3. The molecule has 37 heavy (non-hydrogen) atoms. The van der Waals surface area contributed by atoms with Crippen molar-refractivity contribution in [1.29, 1.82) is 0 Å². The van der Waals surface area contributed by atoms with E-state index in [0.29, 0.717) is 0 Å². The third-order valence-electron chi connectivity index (χ3n) is 5.38. The number of alkyl carbamates (subject to hydrolysis) is 1. The molecule has 0 radical (unpaired) electrons. The number of primary amides is 1. The SMILES string of the molecule is CO[C@@]1(NC(=O)CCCC(NC(=O)OCC(C)C)C(=O)O)C(=O)N2C(C(=O)O)=C(COC(N)=O)CS[C@H]21. The summed E-state index contributed by atoms with van der Waals surface area (Å²) in [6, 6.07) is -1.29. The number of nitrogens with one attached hydrogen (secondary N) is 2. The lowest BCUT2D eigenvalue weighted by Crippen LogP contribution is -2.80. The second kappa shape index (κ2) is 12.6. The minimum absolute atomic E-state index is 0.0393. The molecule has 2 aliphatic heterocycles. The first-order valence-electron chi connectivity index (χ1n) is 11.2. The van der Waals surface area contributed by atoms with E-state index < -0.39 is 65.4 Å². The summed E-state index contributed by atoms with van der Waals surface area (Å²) in [5.41, 5.74) is 2.84. The van der Waals surface area contributed by atoms with Gasteiger partial charge in [0.2, 0.25) is 5.91 Å². The average Bonchev–Trinajstić information content (AvgIpc) is 2.82. The van der Waals surface area contributed by atoms with Gasteiger partial charge in [0.05, 0.1) is 6.61 Å². The van der Waals surface area contributed by atoms with Crippen molar-refractivity contribution in [2.75, 3.05) is 26.1 Å². The summed E-state index contributed by atoms with van der Waals surface area (Å²) in [4.78, 5) is 72.5. The van der Waals surface area contributed by atoms with Crippen molar-refractivity contribution in [3.63, 3.8) is 0 Å². The van der Waals surface area contributed by atoms with Gasteiger partial charge in [0.25, 0.3) is 11.6 Å². The number of carboxylic acids is 2. The second-order valence-corrected chi connectivity index (χ2v) is 9.68. The third-order valence-corrected chi connectivity index (χ3v) is 6.76. The first-order valence-corrected chi connectivity index (χ1v) is 12.2. The maximum atomic E-state index is 13.0. The molecule has 1 saturated heterocycles. The van der Waals surface area contributed by atoms with Gasteiger partial charge in [0.1, 0.15) is 23.7 Å². The zero-order chi connectivity index (χ0) is 27.9. The van der Waals surface area contributed by atoms with Gasteiger partial charge in [0, 0.05) is 24.9 Å². The minimum atomic E-state index is -1.84. The summed E-state index contributed by atoms with van der Waals surface area (Å²) in [7, 11) is 1.18. The molecule has 1 fully saturated rings. The molecule has 0 aromatic carbocycles. The number of carbonyl (C=O) groups excluding carboxylic acids is 4. The van der Waals surface area contributed by atoms with Gasteiger partial charge in [-0.1, -0.05) is 13.8 Å². The van der Waals surface area contributed by atoms with E-state index in [4.69, 9.17) is 15.2 Å². The van der Waals surface area contributed by atoms with Gasteiger partial charge in [-0.15, -0.1) is 11.8 Å². The first kappa shape index (κ1) is 29.7. The highest BCUT2D eigenvalue weighted by Crippen LogP contribution is 2.46. The van der Waals surface area contributed by atoms with E-state index in [9.17, 15) is 39.0 Å². The molecule has 15 nitrogen and oxygen atoms in total.